The van der Waals surface area contributed by atoms with Gasteiger partial charge in [0.05, 0.1) is 4.90 Å². The maximum atomic E-state index is 12.9. The normalized spacial score (nSPS) is 11.4. The van der Waals surface area contributed by atoms with Crippen molar-refractivity contribution in [3.05, 3.63) is 66.0 Å². The summed E-state index contributed by atoms with van der Waals surface area (Å²) in [6, 6.07) is 15.0. The number of hydrogen-bond donors (Lipinski definition) is 1. The van der Waals surface area contributed by atoms with E-state index >= 15 is 0 Å². The molecule has 93 valence electrons. The Hall–Kier alpha value is -1.72. The third-order valence-electron chi connectivity index (χ3n) is 2.33. The molecular formula is C13H11FNO2S. The van der Waals surface area contributed by atoms with Gasteiger partial charge in [-0.05, 0) is 17.7 Å². The summed E-state index contributed by atoms with van der Waals surface area (Å²) < 4.78 is 39.0. The number of hydrogen-bond acceptors (Lipinski definition) is 2. The molecule has 0 aliphatic carbocycles. The summed E-state index contributed by atoms with van der Waals surface area (Å²) in [5.74, 6) is -0.697. The Bertz CT molecular complexity index is 626. The molecule has 0 saturated heterocycles. The Kier molecular flexibility index (Phi) is 3.74. The summed E-state index contributed by atoms with van der Waals surface area (Å²) >= 11 is 0. The lowest BCUT2D eigenvalue weighted by Gasteiger charge is -2.06. The second-order valence-electron chi connectivity index (χ2n) is 3.67. The topological polar surface area (TPSA) is 46.2 Å². The maximum Gasteiger partial charge on any atom is 0.241 e. The van der Waals surface area contributed by atoms with E-state index in [1.54, 1.807) is 12.1 Å². The number of halogens is 1. The van der Waals surface area contributed by atoms with Gasteiger partial charge in [0.2, 0.25) is 10.0 Å². The van der Waals surface area contributed by atoms with Crippen LogP contribution >= 0.6 is 0 Å². The molecular weight excluding hydrogens is 253 g/mol. The van der Waals surface area contributed by atoms with Gasteiger partial charge in [-0.2, -0.15) is 0 Å². The SMILES string of the molecule is O=S(=O)(NCc1ccccc1)c1[c]c(F)ccc1. The Balaban J connectivity index is 2.13. The highest BCUT2D eigenvalue weighted by Gasteiger charge is 2.14. The number of sulfonamides is 1. The minimum atomic E-state index is -3.73. The minimum absolute atomic E-state index is 0.160. The van der Waals surface area contributed by atoms with Gasteiger partial charge in [0.1, 0.15) is 5.82 Å². The van der Waals surface area contributed by atoms with Crippen LogP contribution in [0.5, 0.6) is 0 Å². The molecule has 0 heterocycles. The molecule has 2 aromatic rings. The molecule has 1 N–H and O–H groups in total. The molecule has 0 spiro atoms. The highest BCUT2D eigenvalue weighted by atomic mass is 32.2. The summed E-state index contributed by atoms with van der Waals surface area (Å²) in [7, 11) is -3.73. The average Bonchev–Trinajstić information content (AvgIpc) is 2.38. The minimum Gasteiger partial charge on any atom is -0.207 e. The van der Waals surface area contributed by atoms with Gasteiger partial charge in [-0.15, -0.1) is 0 Å². The maximum absolute atomic E-state index is 12.9. The number of benzene rings is 2. The predicted octanol–water partition coefficient (Wildman–Crippen LogP) is 2.10. The molecule has 0 saturated carbocycles. The summed E-state index contributed by atoms with van der Waals surface area (Å²) in [6.45, 7) is 0.160. The zero-order chi connectivity index (χ0) is 13.0. The molecule has 0 bridgehead atoms. The molecule has 0 amide bonds. The first-order chi connectivity index (χ1) is 8.58. The summed E-state index contributed by atoms with van der Waals surface area (Å²) in [5.41, 5.74) is 0.831. The van der Waals surface area contributed by atoms with Crippen molar-refractivity contribution in [2.75, 3.05) is 0 Å². The third-order valence-corrected chi connectivity index (χ3v) is 3.67. The molecule has 0 aliphatic heterocycles. The van der Waals surface area contributed by atoms with Gasteiger partial charge in [0.25, 0.3) is 0 Å². The molecule has 0 aliphatic rings. The van der Waals surface area contributed by atoms with E-state index in [0.29, 0.717) is 0 Å². The van der Waals surface area contributed by atoms with Crippen LogP contribution in [0, 0.1) is 11.9 Å². The van der Waals surface area contributed by atoms with Gasteiger partial charge in [-0.1, -0.05) is 36.4 Å². The van der Waals surface area contributed by atoms with Gasteiger partial charge in [0.15, 0.2) is 0 Å². The fraction of sp³-hybridized carbons (Fsp3) is 0.0769. The molecule has 3 nitrogen and oxygen atoms in total. The van der Waals surface area contributed by atoms with Crippen molar-refractivity contribution in [1.29, 1.82) is 0 Å². The Morgan fingerprint density at radius 3 is 2.44 bits per heavy atom. The van der Waals surface area contributed by atoms with Crippen molar-refractivity contribution in [2.24, 2.45) is 0 Å². The second kappa shape index (κ2) is 5.29. The van der Waals surface area contributed by atoms with Crippen LogP contribution in [0.4, 0.5) is 4.39 Å². The lowest BCUT2D eigenvalue weighted by atomic mass is 10.2. The second-order valence-corrected chi connectivity index (χ2v) is 5.41. The summed E-state index contributed by atoms with van der Waals surface area (Å²) in [5, 5.41) is 0. The van der Waals surface area contributed by atoms with E-state index in [4.69, 9.17) is 0 Å². The van der Waals surface area contributed by atoms with Gasteiger partial charge in [0, 0.05) is 12.6 Å². The lowest BCUT2D eigenvalue weighted by Crippen LogP contribution is -2.23. The van der Waals surface area contributed by atoms with E-state index in [-0.39, 0.29) is 11.4 Å². The van der Waals surface area contributed by atoms with Gasteiger partial charge >= 0.3 is 0 Å². The van der Waals surface area contributed by atoms with Crippen molar-refractivity contribution in [1.82, 2.24) is 4.72 Å². The molecule has 2 aromatic carbocycles. The largest absolute Gasteiger partial charge is 0.241 e. The lowest BCUT2D eigenvalue weighted by molar-refractivity contribution is 0.576. The summed E-state index contributed by atoms with van der Waals surface area (Å²) in [4.78, 5) is -0.196. The fourth-order valence-corrected chi connectivity index (χ4v) is 2.43. The highest BCUT2D eigenvalue weighted by Crippen LogP contribution is 2.10. The van der Waals surface area contributed by atoms with Crippen LogP contribution in [-0.2, 0) is 16.6 Å². The molecule has 0 atom stereocenters. The molecule has 5 heteroatoms. The van der Waals surface area contributed by atoms with Crippen LogP contribution in [0.25, 0.3) is 0 Å². The van der Waals surface area contributed by atoms with Crippen molar-refractivity contribution in [3.63, 3.8) is 0 Å². The highest BCUT2D eigenvalue weighted by molar-refractivity contribution is 7.89. The van der Waals surface area contributed by atoms with E-state index < -0.39 is 15.8 Å². The van der Waals surface area contributed by atoms with E-state index in [1.807, 2.05) is 18.2 Å². The average molecular weight is 264 g/mol. The molecule has 0 fully saturated rings. The Labute approximate surface area is 105 Å². The molecule has 0 aromatic heterocycles. The van der Waals surface area contributed by atoms with Crippen molar-refractivity contribution >= 4 is 10.0 Å². The van der Waals surface area contributed by atoms with E-state index in [9.17, 15) is 12.8 Å². The Morgan fingerprint density at radius 1 is 1.06 bits per heavy atom. The van der Waals surface area contributed by atoms with Crippen LogP contribution in [0.2, 0.25) is 0 Å². The smallest absolute Gasteiger partial charge is 0.207 e. The van der Waals surface area contributed by atoms with Gasteiger partial charge in [-0.25, -0.2) is 17.5 Å². The molecule has 18 heavy (non-hydrogen) atoms. The van der Waals surface area contributed by atoms with E-state index in [1.165, 1.54) is 12.1 Å². The van der Waals surface area contributed by atoms with Crippen molar-refractivity contribution < 1.29 is 12.8 Å². The zero-order valence-corrected chi connectivity index (χ0v) is 10.2. The first kappa shape index (κ1) is 12.7. The van der Waals surface area contributed by atoms with Crippen LogP contribution in [0.1, 0.15) is 5.56 Å². The first-order valence-corrected chi connectivity index (χ1v) is 6.78. The van der Waals surface area contributed by atoms with Crippen molar-refractivity contribution in [2.45, 2.75) is 11.4 Å². The third kappa shape index (κ3) is 3.15. The summed E-state index contributed by atoms with van der Waals surface area (Å²) in [6.07, 6.45) is 0. The number of rotatable bonds is 4. The van der Waals surface area contributed by atoms with Crippen LogP contribution in [-0.4, -0.2) is 8.42 Å². The molecule has 0 unspecified atom stereocenters. The zero-order valence-electron chi connectivity index (χ0n) is 9.43. The van der Waals surface area contributed by atoms with Crippen molar-refractivity contribution in [3.8, 4) is 0 Å². The van der Waals surface area contributed by atoms with Crippen LogP contribution in [0.3, 0.4) is 0 Å². The molecule has 2 rings (SSSR count). The fourth-order valence-electron chi connectivity index (χ4n) is 1.43. The quantitative estimate of drug-likeness (QED) is 0.919. The molecule has 1 radical (unpaired) electrons. The van der Waals surface area contributed by atoms with Crippen LogP contribution < -0.4 is 4.72 Å². The number of nitrogens with one attached hydrogen (secondary N) is 1. The standard InChI is InChI=1S/C13H11FNO2S/c14-12-7-4-8-13(9-12)18(16,17)15-10-11-5-2-1-3-6-11/h1-8,15H,10H2. The van der Waals surface area contributed by atoms with Gasteiger partial charge in [-0.3, -0.25) is 0 Å². The first-order valence-electron chi connectivity index (χ1n) is 5.29. The van der Waals surface area contributed by atoms with Gasteiger partial charge < -0.3 is 0 Å². The van der Waals surface area contributed by atoms with Crippen LogP contribution in [0.15, 0.2) is 53.4 Å². The Morgan fingerprint density at radius 2 is 1.78 bits per heavy atom. The van der Waals surface area contributed by atoms with E-state index in [2.05, 4.69) is 10.8 Å². The monoisotopic (exact) mass is 264 g/mol. The van der Waals surface area contributed by atoms with E-state index in [0.717, 1.165) is 11.6 Å². The predicted molar refractivity (Wildman–Crippen MR) is 65.7 cm³/mol.